The smallest absolute Gasteiger partial charge is 0.280 e. The molecule has 0 bridgehead atoms. The Morgan fingerprint density at radius 3 is 2.69 bits per heavy atom. The average Bonchev–Trinajstić information content (AvgIpc) is 3.27. The SMILES string of the molecule is CCN1C(=Cc2sc3c(C)c(C)sc3[n+]2CCCS(=O)(=O)[O-])Sc2ccccc21. The van der Waals surface area contributed by atoms with Crippen LogP contribution in [0.3, 0.4) is 0 Å². The maximum absolute atomic E-state index is 11.1. The topological polar surface area (TPSA) is 64.3 Å². The molecule has 4 rings (SSSR count). The normalized spacial score (nSPS) is 15.6. The van der Waals surface area contributed by atoms with E-state index in [0.717, 1.165) is 16.4 Å². The number of hydrogen-bond donors (Lipinski definition) is 0. The molecule has 29 heavy (non-hydrogen) atoms. The van der Waals surface area contributed by atoms with Crippen LogP contribution < -0.4 is 9.47 Å². The number of rotatable bonds is 6. The summed E-state index contributed by atoms with van der Waals surface area (Å²) in [5, 5.41) is 2.26. The largest absolute Gasteiger partial charge is 0.748 e. The average molecular weight is 467 g/mol. The van der Waals surface area contributed by atoms with E-state index in [1.54, 1.807) is 34.4 Å². The van der Waals surface area contributed by atoms with Crippen LogP contribution in [0.2, 0.25) is 0 Å². The van der Waals surface area contributed by atoms with Crippen LogP contribution in [0, 0.1) is 13.8 Å². The van der Waals surface area contributed by atoms with Crippen LogP contribution in [0.4, 0.5) is 5.69 Å². The van der Waals surface area contributed by atoms with Gasteiger partial charge in [0.2, 0.25) is 0 Å². The molecule has 0 aliphatic carbocycles. The summed E-state index contributed by atoms with van der Waals surface area (Å²) in [5.74, 6) is -0.335. The fraction of sp³-hybridized carbons (Fsp3) is 0.350. The van der Waals surface area contributed by atoms with Crippen LogP contribution in [-0.2, 0) is 16.7 Å². The van der Waals surface area contributed by atoms with Gasteiger partial charge in [0.25, 0.3) is 9.84 Å². The van der Waals surface area contributed by atoms with Gasteiger partial charge in [0, 0.05) is 28.5 Å². The lowest BCUT2D eigenvalue weighted by Crippen LogP contribution is -2.35. The van der Waals surface area contributed by atoms with Crippen LogP contribution in [0.25, 0.3) is 15.6 Å². The number of para-hydroxylation sites is 1. The molecule has 0 atom stereocenters. The Morgan fingerprint density at radius 1 is 1.21 bits per heavy atom. The molecule has 0 unspecified atom stereocenters. The van der Waals surface area contributed by atoms with E-state index in [-0.39, 0.29) is 5.75 Å². The number of nitrogens with zero attached hydrogens (tertiary/aromatic N) is 2. The highest BCUT2D eigenvalue weighted by molar-refractivity contribution is 8.03. The molecule has 0 saturated heterocycles. The predicted molar refractivity (Wildman–Crippen MR) is 122 cm³/mol. The Labute approximate surface area is 183 Å². The Morgan fingerprint density at radius 2 is 1.97 bits per heavy atom. The summed E-state index contributed by atoms with van der Waals surface area (Å²) in [6.45, 7) is 7.78. The van der Waals surface area contributed by atoms with Crippen molar-refractivity contribution in [1.29, 1.82) is 0 Å². The van der Waals surface area contributed by atoms with Gasteiger partial charge in [0.15, 0.2) is 6.54 Å². The van der Waals surface area contributed by atoms with Crippen molar-refractivity contribution in [2.24, 2.45) is 0 Å². The number of aryl methyl sites for hydroxylation is 3. The summed E-state index contributed by atoms with van der Waals surface area (Å²) in [4.78, 5) is 5.98. The van der Waals surface area contributed by atoms with Crippen molar-refractivity contribution in [2.75, 3.05) is 17.2 Å². The third kappa shape index (κ3) is 4.11. The summed E-state index contributed by atoms with van der Waals surface area (Å²) in [6.07, 6.45) is 2.52. The first-order valence-electron chi connectivity index (χ1n) is 9.40. The standard InChI is InChI=1S/C20H22N2O3S4/c1-4-21-15-8-5-6-9-16(15)27-17(21)12-18-22(10-7-11-29(23,24)25)20-19(28-18)13(2)14(3)26-20/h5-6,8-9,12H,4,7,10-11H2,1-3H3. The van der Waals surface area contributed by atoms with E-state index in [1.807, 2.05) is 0 Å². The zero-order valence-corrected chi connectivity index (χ0v) is 19.7. The molecule has 1 aliphatic heterocycles. The first kappa shape index (κ1) is 20.9. The first-order valence-corrected chi connectivity index (χ1v) is 13.4. The third-order valence-electron chi connectivity index (χ3n) is 5.01. The van der Waals surface area contributed by atoms with Gasteiger partial charge in [-0.1, -0.05) is 46.6 Å². The highest BCUT2D eigenvalue weighted by Crippen LogP contribution is 2.46. The molecule has 0 saturated carbocycles. The first-order chi connectivity index (χ1) is 13.8. The highest BCUT2D eigenvalue weighted by Gasteiger charge is 2.28. The van der Waals surface area contributed by atoms with Gasteiger partial charge in [-0.05, 0) is 38.5 Å². The molecule has 9 heteroatoms. The van der Waals surface area contributed by atoms with Crippen molar-refractivity contribution in [3.8, 4) is 0 Å². The van der Waals surface area contributed by atoms with Gasteiger partial charge < -0.3 is 9.45 Å². The minimum Gasteiger partial charge on any atom is -0.748 e. The van der Waals surface area contributed by atoms with Crippen LogP contribution in [-0.4, -0.2) is 25.3 Å². The highest BCUT2D eigenvalue weighted by atomic mass is 32.2. The zero-order valence-electron chi connectivity index (χ0n) is 16.5. The van der Waals surface area contributed by atoms with Crippen molar-refractivity contribution in [3.05, 3.63) is 44.7 Å². The molecule has 0 N–H and O–H groups in total. The van der Waals surface area contributed by atoms with E-state index in [9.17, 15) is 13.0 Å². The second-order valence-electron chi connectivity index (χ2n) is 6.92. The van der Waals surface area contributed by atoms with Crippen LogP contribution in [0.15, 0.2) is 34.2 Å². The van der Waals surface area contributed by atoms with Gasteiger partial charge in [-0.25, -0.2) is 8.42 Å². The van der Waals surface area contributed by atoms with Crippen LogP contribution >= 0.6 is 34.4 Å². The van der Waals surface area contributed by atoms with Crippen LogP contribution in [0.5, 0.6) is 0 Å². The van der Waals surface area contributed by atoms with Gasteiger partial charge in [-0.3, -0.25) is 0 Å². The maximum Gasteiger partial charge on any atom is 0.280 e. The number of thiazole rings is 1. The van der Waals surface area contributed by atoms with E-state index in [1.165, 1.54) is 30.8 Å². The Kier molecular flexibility index (Phi) is 5.78. The molecule has 3 aromatic rings. The summed E-state index contributed by atoms with van der Waals surface area (Å²) in [5.41, 5.74) is 2.50. The monoisotopic (exact) mass is 466 g/mol. The Hall–Kier alpha value is -1.39. The van der Waals surface area contributed by atoms with Gasteiger partial charge in [0.1, 0.15) is 4.70 Å². The van der Waals surface area contributed by atoms with E-state index in [0.29, 0.717) is 13.0 Å². The second-order valence-corrected chi connectivity index (χ2v) is 11.7. The molecule has 0 radical (unpaired) electrons. The van der Waals surface area contributed by atoms with Crippen molar-refractivity contribution in [2.45, 2.75) is 38.6 Å². The molecule has 0 amide bonds. The molecule has 154 valence electrons. The molecule has 5 nitrogen and oxygen atoms in total. The number of benzene rings is 1. The quantitative estimate of drug-likeness (QED) is 0.388. The lowest BCUT2D eigenvalue weighted by molar-refractivity contribution is -0.666. The van der Waals surface area contributed by atoms with Gasteiger partial charge in [-0.15, -0.1) is 0 Å². The lowest BCUT2D eigenvalue weighted by atomic mass is 10.3. The fourth-order valence-corrected chi connectivity index (χ4v) is 7.82. The van der Waals surface area contributed by atoms with Gasteiger partial charge >= 0.3 is 0 Å². The molecular weight excluding hydrogens is 444 g/mol. The van der Waals surface area contributed by atoms with E-state index in [4.69, 9.17) is 0 Å². The fourth-order valence-electron chi connectivity index (χ4n) is 3.46. The molecule has 1 aromatic carbocycles. The zero-order chi connectivity index (χ0) is 20.8. The summed E-state index contributed by atoms with van der Waals surface area (Å²) < 4.78 is 36.6. The van der Waals surface area contributed by atoms with Gasteiger partial charge in [0.05, 0.1) is 26.9 Å². The van der Waals surface area contributed by atoms with E-state index >= 15 is 0 Å². The molecule has 1 aliphatic rings. The van der Waals surface area contributed by atoms with Crippen molar-refractivity contribution >= 4 is 65.8 Å². The van der Waals surface area contributed by atoms with E-state index in [2.05, 4.69) is 60.6 Å². The number of aromatic nitrogens is 1. The van der Waals surface area contributed by atoms with Crippen molar-refractivity contribution < 1.29 is 17.5 Å². The maximum atomic E-state index is 11.1. The lowest BCUT2D eigenvalue weighted by Gasteiger charge is -2.17. The van der Waals surface area contributed by atoms with Crippen molar-refractivity contribution in [1.82, 2.24) is 0 Å². The number of hydrogen-bond acceptors (Lipinski definition) is 7. The number of thioether (sulfide) groups is 1. The summed E-state index contributed by atoms with van der Waals surface area (Å²) in [7, 11) is -4.20. The molecule has 2 aromatic heterocycles. The molecule has 0 fully saturated rings. The predicted octanol–water partition coefficient (Wildman–Crippen LogP) is 4.73. The number of thiophene rings is 1. The Balaban J connectivity index is 1.75. The minimum absolute atomic E-state index is 0.319. The van der Waals surface area contributed by atoms with Crippen LogP contribution in [0.1, 0.15) is 28.8 Å². The summed E-state index contributed by atoms with van der Waals surface area (Å²) in [6, 6.07) is 8.39. The van der Waals surface area contributed by atoms with Gasteiger partial charge in [-0.2, -0.15) is 4.57 Å². The molecule has 0 spiro atoms. The molecular formula is C20H22N2O3S4. The third-order valence-corrected chi connectivity index (χ3v) is 9.52. The minimum atomic E-state index is -4.20. The second kappa shape index (κ2) is 8.03. The van der Waals surface area contributed by atoms with E-state index < -0.39 is 10.1 Å². The molecule has 3 heterocycles. The van der Waals surface area contributed by atoms with Crippen molar-refractivity contribution in [3.63, 3.8) is 0 Å². The summed E-state index contributed by atoms with van der Waals surface area (Å²) >= 11 is 5.23. The number of fused-ring (bicyclic) bond motifs is 2. The Bertz CT molecular complexity index is 1210. The number of anilines is 1.